The van der Waals surface area contributed by atoms with E-state index in [4.69, 9.17) is 9.05 Å². The largest absolute Gasteiger partial charge is 0.481 e. The minimum atomic E-state index is -3.77. The van der Waals surface area contributed by atoms with Crippen LogP contribution in [0.4, 0.5) is 0 Å². The summed E-state index contributed by atoms with van der Waals surface area (Å²) in [6.45, 7) is 4.09. The average molecular weight is 496 g/mol. The number of carboxylic acids is 1. The standard InChI is InChI=1S/C28H34NO5P/c1-3-33-35(32,34-4-2)26(27(30)31)21-14-22-29-28(23-15-8-5-9-16-23,24-17-10-6-11-18-24)25-19-12-7-13-20-25/h5-13,15-20,26,29H,3-4,14,21-22H2,1-2H3,(H,30,31)/t26-/m0/s1. The van der Waals surface area contributed by atoms with Gasteiger partial charge in [-0.3, -0.25) is 14.7 Å². The summed E-state index contributed by atoms with van der Waals surface area (Å²) in [5, 5.41) is 13.5. The highest BCUT2D eigenvalue weighted by atomic mass is 31.2. The summed E-state index contributed by atoms with van der Waals surface area (Å²) in [6.07, 6.45) is 0.628. The molecule has 2 N–H and O–H groups in total. The Hall–Kier alpha value is -2.76. The molecule has 3 rings (SSSR count). The Morgan fingerprint density at radius 2 is 1.23 bits per heavy atom. The van der Waals surface area contributed by atoms with Gasteiger partial charge in [-0.1, -0.05) is 91.0 Å². The number of carbonyl (C=O) groups is 1. The van der Waals surface area contributed by atoms with E-state index in [2.05, 4.69) is 41.7 Å². The molecule has 0 aromatic heterocycles. The van der Waals surface area contributed by atoms with Crippen molar-refractivity contribution in [3.63, 3.8) is 0 Å². The smallest absolute Gasteiger partial charge is 0.344 e. The molecule has 3 aromatic carbocycles. The molecule has 3 aromatic rings. The van der Waals surface area contributed by atoms with E-state index in [1.165, 1.54) is 0 Å². The number of carboxylic acid groups (broad SMARTS) is 1. The van der Waals surface area contributed by atoms with E-state index in [0.29, 0.717) is 13.0 Å². The number of benzene rings is 3. The summed E-state index contributed by atoms with van der Waals surface area (Å²) >= 11 is 0. The van der Waals surface area contributed by atoms with Crippen molar-refractivity contribution >= 4 is 13.6 Å². The lowest BCUT2D eigenvalue weighted by atomic mass is 9.77. The molecule has 0 heterocycles. The fourth-order valence-corrected chi connectivity index (χ4v) is 6.36. The zero-order valence-electron chi connectivity index (χ0n) is 20.3. The second-order valence-corrected chi connectivity index (χ2v) is 10.4. The molecular formula is C28H34NO5P. The summed E-state index contributed by atoms with van der Waals surface area (Å²) in [6, 6.07) is 30.6. The number of nitrogens with one attached hydrogen (secondary N) is 1. The van der Waals surface area contributed by atoms with Crippen LogP contribution in [-0.4, -0.2) is 36.5 Å². The third-order valence-electron chi connectivity index (χ3n) is 5.95. The number of hydrogen-bond donors (Lipinski definition) is 2. The van der Waals surface area contributed by atoms with Crippen LogP contribution in [0.1, 0.15) is 43.4 Å². The van der Waals surface area contributed by atoms with E-state index in [-0.39, 0.29) is 19.6 Å². The van der Waals surface area contributed by atoms with Crippen LogP contribution in [-0.2, 0) is 23.9 Å². The molecule has 0 fully saturated rings. The summed E-state index contributed by atoms with van der Waals surface area (Å²) in [4.78, 5) is 12.0. The Labute approximate surface area is 207 Å². The van der Waals surface area contributed by atoms with Gasteiger partial charge in [0.25, 0.3) is 0 Å². The Bertz CT molecular complexity index is 985. The normalized spacial score (nSPS) is 12.9. The molecule has 0 aliphatic carbocycles. The van der Waals surface area contributed by atoms with E-state index in [1.54, 1.807) is 13.8 Å². The highest BCUT2D eigenvalue weighted by Crippen LogP contribution is 2.54. The first kappa shape index (κ1) is 26.8. The fraction of sp³-hybridized carbons (Fsp3) is 0.321. The van der Waals surface area contributed by atoms with E-state index in [9.17, 15) is 14.5 Å². The summed E-state index contributed by atoms with van der Waals surface area (Å²) < 4.78 is 23.8. The van der Waals surface area contributed by atoms with Gasteiger partial charge in [0.15, 0.2) is 5.66 Å². The van der Waals surface area contributed by atoms with Crippen LogP contribution in [0.25, 0.3) is 0 Å². The minimum absolute atomic E-state index is 0.123. The molecule has 6 nitrogen and oxygen atoms in total. The number of rotatable bonds is 14. The lowest BCUT2D eigenvalue weighted by molar-refractivity contribution is -0.137. The summed E-state index contributed by atoms with van der Waals surface area (Å²) in [5.41, 5.74) is 1.35. The van der Waals surface area contributed by atoms with Gasteiger partial charge in [-0.05, 0) is 49.9 Å². The molecule has 0 amide bonds. The maximum Gasteiger partial charge on any atom is 0.344 e. The Kier molecular flexibility index (Phi) is 9.82. The van der Waals surface area contributed by atoms with Crippen molar-refractivity contribution in [2.75, 3.05) is 19.8 Å². The highest BCUT2D eigenvalue weighted by Gasteiger charge is 2.41. The first-order valence-electron chi connectivity index (χ1n) is 12.0. The van der Waals surface area contributed by atoms with Crippen molar-refractivity contribution in [1.82, 2.24) is 5.32 Å². The van der Waals surface area contributed by atoms with Gasteiger partial charge < -0.3 is 14.2 Å². The monoisotopic (exact) mass is 495 g/mol. The summed E-state index contributed by atoms with van der Waals surface area (Å²) in [5.74, 6) is -1.17. The van der Waals surface area contributed by atoms with E-state index >= 15 is 0 Å². The molecule has 0 spiro atoms. The number of hydrogen-bond acceptors (Lipinski definition) is 5. The van der Waals surface area contributed by atoms with Crippen LogP contribution >= 0.6 is 7.60 Å². The maximum absolute atomic E-state index is 13.2. The van der Waals surface area contributed by atoms with Crippen LogP contribution < -0.4 is 5.32 Å². The Balaban J connectivity index is 1.92. The molecule has 0 aliphatic heterocycles. The van der Waals surface area contributed by atoms with Gasteiger partial charge in [0.05, 0.1) is 18.8 Å². The zero-order valence-corrected chi connectivity index (χ0v) is 21.2. The van der Waals surface area contributed by atoms with Crippen LogP contribution in [0.5, 0.6) is 0 Å². The van der Waals surface area contributed by atoms with Gasteiger partial charge in [-0.25, -0.2) is 0 Å². The molecule has 0 bridgehead atoms. The molecule has 7 heteroatoms. The minimum Gasteiger partial charge on any atom is -0.481 e. The third-order valence-corrected chi connectivity index (χ3v) is 8.43. The highest BCUT2D eigenvalue weighted by molar-refractivity contribution is 7.55. The predicted molar refractivity (Wildman–Crippen MR) is 139 cm³/mol. The molecule has 1 atom stereocenters. The van der Waals surface area contributed by atoms with Crippen LogP contribution in [0, 0.1) is 0 Å². The maximum atomic E-state index is 13.2. The second kappa shape index (κ2) is 12.8. The van der Waals surface area contributed by atoms with Gasteiger partial charge in [0.1, 0.15) is 0 Å². The first-order chi connectivity index (χ1) is 17.0. The molecule has 0 saturated heterocycles. The molecule has 0 unspecified atom stereocenters. The lowest BCUT2D eigenvalue weighted by Gasteiger charge is -2.37. The predicted octanol–water partition coefficient (Wildman–Crippen LogP) is 6.07. The van der Waals surface area contributed by atoms with Gasteiger partial charge in [-0.15, -0.1) is 0 Å². The van der Waals surface area contributed by atoms with Gasteiger partial charge in [0.2, 0.25) is 0 Å². The van der Waals surface area contributed by atoms with Crippen LogP contribution in [0.15, 0.2) is 91.0 Å². The van der Waals surface area contributed by atoms with Crippen LogP contribution in [0.2, 0.25) is 0 Å². The topological polar surface area (TPSA) is 84.9 Å². The van der Waals surface area contributed by atoms with E-state index in [0.717, 1.165) is 16.7 Å². The number of aliphatic carboxylic acids is 1. The molecular weight excluding hydrogens is 461 g/mol. The van der Waals surface area contributed by atoms with Crippen molar-refractivity contribution in [2.45, 2.75) is 37.9 Å². The quantitative estimate of drug-likeness (QED) is 0.160. The van der Waals surface area contributed by atoms with Gasteiger partial charge in [0, 0.05) is 0 Å². The first-order valence-corrected chi connectivity index (χ1v) is 13.6. The van der Waals surface area contributed by atoms with Crippen molar-refractivity contribution in [3.8, 4) is 0 Å². The third kappa shape index (κ3) is 6.28. The fourth-order valence-electron chi connectivity index (χ4n) is 4.44. The van der Waals surface area contributed by atoms with E-state index in [1.807, 2.05) is 54.6 Å². The van der Waals surface area contributed by atoms with Crippen LogP contribution in [0.3, 0.4) is 0 Å². The molecule has 0 saturated carbocycles. The Morgan fingerprint density at radius 1 is 0.829 bits per heavy atom. The molecule has 186 valence electrons. The van der Waals surface area contributed by atoms with Crippen molar-refractivity contribution < 1.29 is 23.5 Å². The SMILES string of the molecule is CCOP(=O)(OCC)[C@@H](CCCNC(c1ccccc1)(c1ccccc1)c1ccccc1)C(=O)O. The van der Waals surface area contributed by atoms with E-state index < -0.39 is 24.8 Å². The van der Waals surface area contributed by atoms with Crippen molar-refractivity contribution in [2.24, 2.45) is 0 Å². The van der Waals surface area contributed by atoms with Crippen molar-refractivity contribution in [3.05, 3.63) is 108 Å². The van der Waals surface area contributed by atoms with Gasteiger partial charge in [-0.2, -0.15) is 0 Å². The average Bonchev–Trinajstić information content (AvgIpc) is 2.88. The van der Waals surface area contributed by atoms with Crippen molar-refractivity contribution in [1.29, 1.82) is 0 Å². The molecule has 0 aliphatic rings. The molecule has 0 radical (unpaired) electrons. The zero-order chi connectivity index (χ0) is 25.2. The lowest BCUT2D eigenvalue weighted by Crippen LogP contribution is -2.45. The summed E-state index contributed by atoms with van der Waals surface area (Å²) in [7, 11) is -3.77. The molecule has 35 heavy (non-hydrogen) atoms. The second-order valence-electron chi connectivity index (χ2n) is 8.15. The van der Waals surface area contributed by atoms with Gasteiger partial charge >= 0.3 is 13.6 Å². The Morgan fingerprint density at radius 3 is 1.57 bits per heavy atom.